The first kappa shape index (κ1) is 102. The van der Waals surface area contributed by atoms with E-state index in [0.717, 1.165) is 152 Å². The van der Waals surface area contributed by atoms with Crippen LogP contribution in [0.5, 0.6) is 0 Å². The van der Waals surface area contributed by atoms with E-state index in [1.54, 1.807) is 86.0 Å². The third kappa shape index (κ3) is 30.5. The van der Waals surface area contributed by atoms with E-state index in [9.17, 15) is 38.4 Å². The first-order chi connectivity index (χ1) is 64.6. The third-order valence-electron chi connectivity index (χ3n) is 26.3. The number of pyridine rings is 3. The largest absolute Gasteiger partial charge is 0.478 e. The topological polar surface area (TPSA) is 321 Å². The van der Waals surface area contributed by atoms with Gasteiger partial charge < -0.3 is 60.4 Å². The minimum atomic E-state index is -0.904. The fourth-order valence-corrected chi connectivity index (χ4v) is 18.0. The average Bonchev–Trinajstić information content (AvgIpc) is 0.843. The number of nitrogens with zero attached hydrogens (tertiary/aromatic N) is 7. The lowest BCUT2D eigenvalue weighted by Gasteiger charge is -2.42. The van der Waals surface area contributed by atoms with Gasteiger partial charge in [-0.05, 0) is 331 Å². The zero-order valence-electron chi connectivity index (χ0n) is 81.6. The summed E-state index contributed by atoms with van der Waals surface area (Å²) in [6.45, 7) is 34.9. The molecule has 718 valence electrons. The number of carbonyl (C=O) groups excluding carboxylic acids is 7. The van der Waals surface area contributed by atoms with Crippen LogP contribution in [-0.4, -0.2) is 183 Å². The number of carboxylic acid groups (broad SMARTS) is 1. The van der Waals surface area contributed by atoms with Crippen LogP contribution in [0.3, 0.4) is 0 Å². The number of aromatic nitrogens is 3. The van der Waals surface area contributed by atoms with Crippen LogP contribution in [-0.2, 0) is 63.9 Å². The number of ether oxygens (including phenoxy) is 4. The van der Waals surface area contributed by atoms with E-state index in [1.165, 1.54) is 24.0 Å². The molecule has 0 unspecified atom stereocenters. The smallest absolute Gasteiger partial charge is 0.412 e. The number of morpholine rings is 1. The summed E-state index contributed by atoms with van der Waals surface area (Å²) in [6, 6.07) is 60.1. The maximum atomic E-state index is 13.5. The highest BCUT2D eigenvalue weighted by Crippen LogP contribution is 2.41. The van der Waals surface area contributed by atoms with Crippen LogP contribution in [0.25, 0.3) is 33.4 Å². The van der Waals surface area contributed by atoms with Crippen LogP contribution in [0.15, 0.2) is 225 Å². The SMILES string of the molecule is CC1(Cc2ccc(C(=O)Cc3cc(-c4ccncc4)ccc3N)cc2)CCN(C(=O)N2CCOCC2)CC1.CC1(Cc2ccc(C(=O)Cc3cc(-c4ccncc4)ccc3N)cc2)CCNCC1.CC1(Cc2ccc(C(=O)Cc3cc(-c4ccncc4)ccc3NC(=O)OC(C)(C)C)cc2)CCN(C(=O)OC(C)(C)C)CC1.CC1(Cc2ccc(C(=O)O)cc2)CCN(C(=O)OC(C)(C)C)CC1. The van der Waals surface area contributed by atoms with Crippen molar-refractivity contribution in [3.8, 4) is 33.4 Å². The van der Waals surface area contributed by atoms with Gasteiger partial charge in [0.2, 0.25) is 0 Å². The van der Waals surface area contributed by atoms with E-state index in [0.29, 0.717) is 104 Å². The number of Topliss-reactive ketones (excluding diaryl/α,β-unsaturated/α-hetero) is 3. The monoisotopic (exact) mass is 1840 g/mol. The number of hydrogen-bond donors (Lipinski definition) is 5. The van der Waals surface area contributed by atoms with Crippen LogP contribution in [0.4, 0.5) is 36.2 Å². The second-order valence-electron chi connectivity index (χ2n) is 41.4. The average molecular weight is 1850 g/mol. The van der Waals surface area contributed by atoms with Crippen LogP contribution in [0.1, 0.15) is 222 Å². The molecule has 136 heavy (non-hydrogen) atoms. The number of piperidine rings is 4. The number of carbonyl (C=O) groups is 8. The van der Waals surface area contributed by atoms with Gasteiger partial charge in [0.05, 0.1) is 18.8 Å². The predicted octanol–water partition coefficient (Wildman–Crippen LogP) is 21.6. The van der Waals surface area contributed by atoms with Crippen molar-refractivity contribution in [3.63, 3.8) is 0 Å². The lowest BCUT2D eigenvalue weighted by molar-refractivity contribution is 0.0108. The molecule has 5 saturated heterocycles. The molecule has 0 bridgehead atoms. The van der Waals surface area contributed by atoms with Crippen molar-refractivity contribution in [2.24, 2.45) is 21.7 Å². The molecule has 0 radical (unpaired) electrons. The fourth-order valence-electron chi connectivity index (χ4n) is 18.0. The number of benzene rings is 7. The zero-order chi connectivity index (χ0) is 97.6. The zero-order valence-corrected chi connectivity index (χ0v) is 81.6. The number of carboxylic acids is 1. The van der Waals surface area contributed by atoms with Crippen molar-refractivity contribution in [2.75, 3.05) is 95.4 Å². The number of nitrogens with two attached hydrogens (primary N) is 2. The standard InChI is InChI=1S/C36H45N3O5.C31H36N4O3.C26H29N3O.C19H27NO4/c1-34(2,3)43-32(41)38-30-13-12-28(26-14-18-37-19-15-26)22-29(30)23-31(40)27-10-8-25(9-11-27)24-36(7)16-20-39(21-17-36)33(42)44-35(4,5)6;1-31(10-14-34(15-11-31)30(37)35-16-18-38-19-17-35)22-23-2-4-25(5-3-23)29(36)21-27-20-26(6-7-28(27)32)24-8-12-33-13-9-24;1-26(10-14-29-15-11-26)18-19-2-4-21(5-3-19)25(30)17-23-16-22(6-7-24(23)27)20-8-12-28-13-9-20;1-18(2,3)24-17(23)20-11-9-19(4,10-12-20)13-14-5-7-15(8-6-14)16(21)22/h8-15,18-19,22H,16-17,20-21,23-24H2,1-7H3,(H,38,41);2-9,12-13,20H,10-11,14-19,21-22,32H2,1H3;2-9,12-13,16,29H,10-11,14-15,17-18,27H2,1H3;5-8H,9-13H2,1-4H3,(H,21,22). The maximum absolute atomic E-state index is 13.5. The van der Waals surface area contributed by atoms with Crippen LogP contribution >= 0.6 is 0 Å². The number of anilines is 3. The van der Waals surface area contributed by atoms with E-state index in [2.05, 4.69) is 77.5 Å². The Balaban J connectivity index is 0.000000167. The van der Waals surface area contributed by atoms with Gasteiger partial charge >= 0.3 is 30.3 Å². The molecule has 24 heteroatoms. The molecule has 0 aliphatic carbocycles. The Bertz CT molecular complexity index is 5700. The summed E-state index contributed by atoms with van der Waals surface area (Å²) in [5.41, 5.74) is 28.8. The highest BCUT2D eigenvalue weighted by Gasteiger charge is 2.38. The van der Waals surface area contributed by atoms with Crippen LogP contribution < -0.4 is 22.1 Å². The van der Waals surface area contributed by atoms with Gasteiger partial charge in [0.25, 0.3) is 0 Å². The molecule has 3 aromatic heterocycles. The molecule has 8 heterocycles. The van der Waals surface area contributed by atoms with E-state index in [1.807, 2.05) is 197 Å². The number of likely N-dealkylation sites (tertiary alicyclic amines) is 3. The second kappa shape index (κ2) is 45.6. The third-order valence-corrected chi connectivity index (χ3v) is 26.3. The number of ketones is 3. The molecule has 5 amide bonds. The van der Waals surface area contributed by atoms with Crippen LogP contribution in [0, 0.1) is 21.7 Å². The number of nitrogen functional groups attached to an aromatic ring is 2. The van der Waals surface area contributed by atoms with Gasteiger partial charge in [-0.15, -0.1) is 0 Å². The van der Waals surface area contributed by atoms with E-state index in [4.69, 9.17) is 35.5 Å². The van der Waals surface area contributed by atoms with Gasteiger partial charge in [-0.3, -0.25) is 34.7 Å². The molecule has 5 aliphatic rings. The second-order valence-corrected chi connectivity index (χ2v) is 41.4. The Labute approximate surface area is 802 Å². The molecule has 24 nitrogen and oxygen atoms in total. The molecular weight excluding hydrogens is 1710 g/mol. The van der Waals surface area contributed by atoms with Gasteiger partial charge in [-0.1, -0.05) is 131 Å². The molecule has 10 aromatic rings. The highest BCUT2D eigenvalue weighted by atomic mass is 16.6. The van der Waals surface area contributed by atoms with Crippen molar-refractivity contribution in [1.29, 1.82) is 0 Å². The number of hydrogen-bond acceptors (Lipinski definition) is 18. The first-order valence-corrected chi connectivity index (χ1v) is 47.7. The summed E-state index contributed by atoms with van der Waals surface area (Å²) in [7, 11) is 0. The summed E-state index contributed by atoms with van der Waals surface area (Å²) in [6.07, 6.45) is 21.7. The normalized spacial score (nSPS) is 16.2. The molecule has 7 N–H and O–H groups in total. The van der Waals surface area contributed by atoms with Gasteiger partial charge in [-0.25, -0.2) is 24.0 Å². The Morgan fingerprint density at radius 2 is 0.662 bits per heavy atom. The fraction of sp³-hybridized carbons (Fsp3) is 0.420. The predicted molar refractivity (Wildman–Crippen MR) is 537 cm³/mol. The van der Waals surface area contributed by atoms with E-state index >= 15 is 0 Å². The van der Waals surface area contributed by atoms with Crippen molar-refractivity contribution in [1.82, 2.24) is 39.9 Å². The Kier molecular flexibility index (Phi) is 34.2. The molecule has 0 spiro atoms. The highest BCUT2D eigenvalue weighted by molar-refractivity contribution is 6.01. The van der Waals surface area contributed by atoms with E-state index in [-0.39, 0.29) is 64.7 Å². The summed E-state index contributed by atoms with van der Waals surface area (Å²) < 4.78 is 21.8. The molecule has 7 aromatic carbocycles. The number of aromatic carboxylic acids is 1. The number of urea groups is 1. The molecule has 0 atom stereocenters. The van der Waals surface area contributed by atoms with Crippen molar-refractivity contribution in [2.45, 2.75) is 203 Å². The van der Waals surface area contributed by atoms with Gasteiger partial charge in [-0.2, -0.15) is 0 Å². The number of rotatable bonds is 22. The van der Waals surface area contributed by atoms with Gasteiger partial charge in [0.1, 0.15) is 16.8 Å². The molecular formula is C112H137N11O13. The maximum Gasteiger partial charge on any atom is 0.412 e. The van der Waals surface area contributed by atoms with Gasteiger partial charge in [0, 0.05) is 143 Å². The summed E-state index contributed by atoms with van der Waals surface area (Å²) >= 11 is 0. The van der Waals surface area contributed by atoms with Gasteiger partial charge in [0.15, 0.2) is 17.3 Å². The summed E-state index contributed by atoms with van der Waals surface area (Å²) in [4.78, 5) is 120. The lowest BCUT2D eigenvalue weighted by atomic mass is 9.75. The number of nitrogens with one attached hydrogen (secondary N) is 2. The summed E-state index contributed by atoms with van der Waals surface area (Å²) in [5, 5.41) is 15.2. The number of amides is 5. The molecule has 15 rings (SSSR count). The molecule has 5 aliphatic heterocycles. The quantitative estimate of drug-likeness (QED) is 0.0239. The lowest BCUT2D eigenvalue weighted by Crippen LogP contribution is -2.51. The van der Waals surface area contributed by atoms with Crippen molar-refractivity contribution >= 4 is 64.7 Å². The Morgan fingerprint density at radius 3 is 0.993 bits per heavy atom. The molecule has 0 saturated carbocycles. The minimum absolute atomic E-state index is 0.0486. The Morgan fingerprint density at radius 1 is 0.368 bits per heavy atom. The molecule has 5 fully saturated rings. The van der Waals surface area contributed by atoms with Crippen molar-refractivity contribution in [3.05, 3.63) is 286 Å². The first-order valence-electron chi connectivity index (χ1n) is 47.7. The van der Waals surface area contributed by atoms with Crippen molar-refractivity contribution < 1.29 is 62.4 Å². The van der Waals surface area contributed by atoms with E-state index < -0.39 is 28.9 Å². The summed E-state index contributed by atoms with van der Waals surface area (Å²) in [5.74, 6) is -0.810. The minimum Gasteiger partial charge on any atom is -0.478 e. The van der Waals surface area contributed by atoms with Crippen LogP contribution in [0.2, 0.25) is 0 Å². The Hall–Kier alpha value is -12.9.